The molecular formula is C15H18BrN3O4. The average molecular weight is 384 g/mol. The second-order valence-electron chi connectivity index (χ2n) is 4.16. The fourth-order valence-corrected chi connectivity index (χ4v) is 2.21. The predicted octanol–water partition coefficient (Wildman–Crippen LogP) is 1.61. The lowest BCUT2D eigenvalue weighted by Gasteiger charge is -2.11. The van der Waals surface area contributed by atoms with Crippen molar-refractivity contribution in [3.63, 3.8) is 0 Å². The van der Waals surface area contributed by atoms with Crippen molar-refractivity contribution in [3.8, 4) is 11.5 Å². The first-order valence-corrected chi connectivity index (χ1v) is 7.55. The Kier molecular flexibility index (Phi) is 7.82. The molecule has 0 saturated heterocycles. The number of amides is 2. The Balaban J connectivity index is 2.78. The molecule has 0 radical (unpaired) electrons. The quantitative estimate of drug-likeness (QED) is 0.324. The molecule has 0 spiro atoms. The van der Waals surface area contributed by atoms with E-state index in [9.17, 15) is 9.59 Å². The Morgan fingerprint density at radius 1 is 1.39 bits per heavy atom. The van der Waals surface area contributed by atoms with E-state index in [1.165, 1.54) is 12.3 Å². The van der Waals surface area contributed by atoms with Crippen molar-refractivity contribution >= 4 is 34.0 Å². The molecule has 0 bridgehead atoms. The smallest absolute Gasteiger partial charge is 0.329 e. The zero-order valence-electron chi connectivity index (χ0n) is 12.9. The Morgan fingerprint density at radius 2 is 2.13 bits per heavy atom. The number of nitrogens with one attached hydrogen (secondary N) is 2. The molecule has 0 aromatic heterocycles. The standard InChI is InChI=1S/C15H18BrN3O4/c1-4-6-17-14(20)15(21)19-18-9-10-7-11(16)13(22-3)12(8-10)23-5-2/h4,7-9H,1,5-6H2,2-3H3,(H,17,20)(H,19,21)/b18-9-. The molecule has 1 aromatic carbocycles. The van der Waals surface area contributed by atoms with E-state index in [-0.39, 0.29) is 6.54 Å². The molecule has 2 N–H and O–H groups in total. The summed E-state index contributed by atoms with van der Waals surface area (Å²) in [7, 11) is 1.54. The Morgan fingerprint density at radius 3 is 2.74 bits per heavy atom. The van der Waals surface area contributed by atoms with Gasteiger partial charge in [-0.3, -0.25) is 9.59 Å². The minimum absolute atomic E-state index is 0.207. The summed E-state index contributed by atoms with van der Waals surface area (Å²) in [4.78, 5) is 22.8. The van der Waals surface area contributed by atoms with E-state index in [4.69, 9.17) is 9.47 Å². The zero-order valence-corrected chi connectivity index (χ0v) is 14.5. The number of benzene rings is 1. The molecule has 0 fully saturated rings. The highest BCUT2D eigenvalue weighted by molar-refractivity contribution is 9.10. The first-order valence-electron chi connectivity index (χ1n) is 6.75. The molecule has 0 heterocycles. The van der Waals surface area contributed by atoms with Crippen molar-refractivity contribution in [2.75, 3.05) is 20.3 Å². The lowest BCUT2D eigenvalue weighted by atomic mass is 10.2. The monoisotopic (exact) mass is 383 g/mol. The van der Waals surface area contributed by atoms with Crippen LogP contribution in [0.2, 0.25) is 0 Å². The van der Waals surface area contributed by atoms with Gasteiger partial charge in [-0.1, -0.05) is 6.08 Å². The molecular weight excluding hydrogens is 366 g/mol. The lowest BCUT2D eigenvalue weighted by Crippen LogP contribution is -2.37. The van der Waals surface area contributed by atoms with E-state index in [1.807, 2.05) is 6.92 Å². The van der Waals surface area contributed by atoms with Crippen LogP contribution in [0.3, 0.4) is 0 Å². The molecule has 1 rings (SSSR count). The number of hydrogen-bond acceptors (Lipinski definition) is 5. The third-order valence-corrected chi connectivity index (χ3v) is 3.12. The van der Waals surface area contributed by atoms with Crippen molar-refractivity contribution in [1.82, 2.24) is 10.7 Å². The van der Waals surface area contributed by atoms with Crippen LogP contribution in [0.15, 0.2) is 34.4 Å². The van der Waals surface area contributed by atoms with E-state index in [2.05, 4.69) is 38.4 Å². The summed E-state index contributed by atoms with van der Waals surface area (Å²) in [6, 6.07) is 3.45. The van der Waals surface area contributed by atoms with Crippen molar-refractivity contribution in [3.05, 3.63) is 34.8 Å². The van der Waals surface area contributed by atoms with Crippen molar-refractivity contribution in [1.29, 1.82) is 0 Å². The molecule has 0 aliphatic carbocycles. The van der Waals surface area contributed by atoms with Gasteiger partial charge in [-0.2, -0.15) is 5.10 Å². The molecule has 23 heavy (non-hydrogen) atoms. The van der Waals surface area contributed by atoms with Crippen LogP contribution in [-0.4, -0.2) is 38.3 Å². The van der Waals surface area contributed by atoms with Gasteiger partial charge >= 0.3 is 11.8 Å². The van der Waals surface area contributed by atoms with Crippen LogP contribution in [-0.2, 0) is 9.59 Å². The molecule has 0 saturated carbocycles. The first-order chi connectivity index (χ1) is 11.0. The molecule has 8 heteroatoms. The number of rotatable bonds is 7. The molecule has 1 aromatic rings. The summed E-state index contributed by atoms with van der Waals surface area (Å²) in [6.07, 6.45) is 2.87. The Labute approximate surface area is 142 Å². The predicted molar refractivity (Wildman–Crippen MR) is 90.8 cm³/mol. The summed E-state index contributed by atoms with van der Waals surface area (Å²) >= 11 is 3.37. The summed E-state index contributed by atoms with van der Waals surface area (Å²) in [5.41, 5.74) is 2.80. The zero-order chi connectivity index (χ0) is 17.2. The molecule has 0 atom stereocenters. The van der Waals surface area contributed by atoms with Gasteiger partial charge < -0.3 is 14.8 Å². The summed E-state index contributed by atoms with van der Waals surface area (Å²) in [5.74, 6) is -0.536. The topological polar surface area (TPSA) is 89.0 Å². The molecule has 0 aliphatic heterocycles. The molecule has 2 amide bonds. The fraction of sp³-hybridized carbons (Fsp3) is 0.267. The normalized spacial score (nSPS) is 10.2. The van der Waals surface area contributed by atoms with Gasteiger partial charge in [-0.15, -0.1) is 6.58 Å². The minimum Gasteiger partial charge on any atom is -0.492 e. The van der Waals surface area contributed by atoms with Gasteiger partial charge in [-0.05, 0) is 40.5 Å². The van der Waals surface area contributed by atoms with Crippen molar-refractivity contribution in [2.24, 2.45) is 5.10 Å². The third-order valence-electron chi connectivity index (χ3n) is 2.53. The van der Waals surface area contributed by atoms with Crippen LogP contribution in [0.1, 0.15) is 12.5 Å². The van der Waals surface area contributed by atoms with Gasteiger partial charge in [-0.25, -0.2) is 5.43 Å². The van der Waals surface area contributed by atoms with Gasteiger partial charge in [0.25, 0.3) is 0 Å². The third kappa shape index (κ3) is 5.74. The summed E-state index contributed by atoms with van der Waals surface area (Å²) in [6.45, 7) is 5.98. The summed E-state index contributed by atoms with van der Waals surface area (Å²) < 4.78 is 11.4. The number of methoxy groups -OCH3 is 1. The van der Waals surface area contributed by atoms with E-state index in [1.54, 1.807) is 19.2 Å². The van der Waals surface area contributed by atoms with Gasteiger partial charge in [0.15, 0.2) is 11.5 Å². The molecule has 124 valence electrons. The second-order valence-corrected chi connectivity index (χ2v) is 5.02. The van der Waals surface area contributed by atoms with E-state index < -0.39 is 11.8 Å². The minimum atomic E-state index is -0.860. The highest BCUT2D eigenvalue weighted by atomic mass is 79.9. The van der Waals surface area contributed by atoms with E-state index >= 15 is 0 Å². The fourth-order valence-electron chi connectivity index (χ4n) is 1.58. The number of hydrogen-bond donors (Lipinski definition) is 2. The number of ether oxygens (including phenoxy) is 2. The van der Waals surface area contributed by atoms with Crippen LogP contribution >= 0.6 is 15.9 Å². The van der Waals surface area contributed by atoms with Crippen molar-refractivity contribution < 1.29 is 19.1 Å². The maximum absolute atomic E-state index is 11.5. The van der Waals surface area contributed by atoms with Crippen LogP contribution < -0.4 is 20.2 Å². The highest BCUT2D eigenvalue weighted by Gasteiger charge is 2.12. The average Bonchev–Trinajstić information content (AvgIpc) is 2.52. The number of carbonyl (C=O) groups is 2. The number of halogens is 1. The van der Waals surface area contributed by atoms with Gasteiger partial charge in [0.2, 0.25) is 0 Å². The van der Waals surface area contributed by atoms with Gasteiger partial charge in [0.1, 0.15) is 0 Å². The lowest BCUT2D eigenvalue weighted by molar-refractivity contribution is -0.139. The van der Waals surface area contributed by atoms with Crippen molar-refractivity contribution in [2.45, 2.75) is 6.92 Å². The Bertz CT molecular complexity index is 617. The van der Waals surface area contributed by atoms with Gasteiger partial charge in [0, 0.05) is 6.54 Å². The van der Waals surface area contributed by atoms with Crippen LogP contribution in [0.25, 0.3) is 0 Å². The number of hydrazone groups is 1. The van der Waals surface area contributed by atoms with E-state index in [0.29, 0.717) is 28.1 Å². The maximum Gasteiger partial charge on any atom is 0.329 e. The summed E-state index contributed by atoms with van der Waals surface area (Å²) in [5, 5.41) is 6.08. The molecule has 7 nitrogen and oxygen atoms in total. The SMILES string of the molecule is C=CCNC(=O)C(=O)N/N=C\c1cc(Br)c(OC)c(OCC)c1. The molecule has 0 aliphatic rings. The highest BCUT2D eigenvalue weighted by Crippen LogP contribution is 2.36. The maximum atomic E-state index is 11.5. The second kappa shape index (κ2) is 9.62. The number of carbonyl (C=O) groups excluding carboxylic acids is 2. The molecule has 0 unspecified atom stereocenters. The van der Waals surface area contributed by atoms with Crippen LogP contribution in [0.4, 0.5) is 0 Å². The first kappa shape index (κ1) is 18.7. The van der Waals surface area contributed by atoms with Crippen LogP contribution in [0, 0.1) is 0 Å². The number of nitrogens with zero attached hydrogens (tertiary/aromatic N) is 1. The van der Waals surface area contributed by atoms with Gasteiger partial charge in [0.05, 0.1) is 24.4 Å². The van der Waals surface area contributed by atoms with E-state index in [0.717, 1.165) is 0 Å². The van der Waals surface area contributed by atoms with Crippen LogP contribution in [0.5, 0.6) is 11.5 Å². The Hall–Kier alpha value is -2.35. The largest absolute Gasteiger partial charge is 0.492 e.